The topological polar surface area (TPSA) is 52.6 Å². The lowest BCUT2D eigenvalue weighted by Crippen LogP contribution is -2.47. The van der Waals surface area contributed by atoms with Crippen LogP contribution in [-0.2, 0) is 4.79 Å². The summed E-state index contributed by atoms with van der Waals surface area (Å²) in [4.78, 5) is 14.6. The van der Waals surface area contributed by atoms with E-state index >= 15 is 0 Å². The van der Waals surface area contributed by atoms with E-state index in [0.717, 1.165) is 24.9 Å². The molecule has 5 heteroatoms. The molecule has 1 aromatic carbocycles. The van der Waals surface area contributed by atoms with E-state index in [2.05, 4.69) is 16.3 Å². The van der Waals surface area contributed by atoms with Crippen LogP contribution in [0.1, 0.15) is 74.8 Å². The fourth-order valence-corrected chi connectivity index (χ4v) is 6.05. The van der Waals surface area contributed by atoms with Crippen LogP contribution in [0.2, 0.25) is 0 Å². The number of carbonyl (C=O) groups is 1. The number of benzene rings is 1. The third kappa shape index (κ3) is 4.83. The van der Waals surface area contributed by atoms with Crippen LogP contribution in [0.15, 0.2) is 18.2 Å². The van der Waals surface area contributed by atoms with Gasteiger partial charge in [0, 0.05) is 31.1 Å². The van der Waals surface area contributed by atoms with Crippen molar-refractivity contribution in [1.29, 1.82) is 0 Å². The summed E-state index contributed by atoms with van der Waals surface area (Å²) in [5.74, 6) is 1.08. The fourth-order valence-electron chi connectivity index (χ4n) is 6.05. The Bertz CT molecular complexity index is 711. The van der Waals surface area contributed by atoms with Crippen molar-refractivity contribution in [2.45, 2.75) is 88.8 Å². The molecule has 1 amide bonds. The molecule has 1 aromatic rings. The van der Waals surface area contributed by atoms with Gasteiger partial charge in [-0.15, -0.1) is 0 Å². The lowest BCUT2D eigenvalue weighted by Gasteiger charge is -2.42. The van der Waals surface area contributed by atoms with E-state index in [0.29, 0.717) is 23.9 Å². The van der Waals surface area contributed by atoms with E-state index in [1.807, 2.05) is 13.0 Å². The molecule has 3 aliphatic rings. The molecule has 0 spiro atoms. The minimum atomic E-state index is -0.105. The molecule has 1 aliphatic carbocycles. The van der Waals surface area contributed by atoms with Crippen molar-refractivity contribution in [2.24, 2.45) is 5.92 Å². The van der Waals surface area contributed by atoms with Crippen molar-refractivity contribution in [2.75, 3.05) is 13.2 Å². The molecule has 4 rings (SSSR count). The predicted molar refractivity (Wildman–Crippen MR) is 112 cm³/mol. The molecule has 1 saturated carbocycles. The summed E-state index contributed by atoms with van der Waals surface area (Å²) in [6.45, 7) is 2.94. The number of carbonyl (C=O) groups excluding carboxylic acids is 1. The lowest BCUT2D eigenvalue weighted by atomic mass is 9.81. The molecule has 0 aromatic heterocycles. The normalized spacial score (nSPS) is 32.3. The number of nitrogens with one attached hydrogen (secondary N) is 1. The number of hydrogen-bond acceptors (Lipinski definition) is 3. The summed E-state index contributed by atoms with van der Waals surface area (Å²) in [6, 6.07) is 7.23. The third-order valence-corrected chi connectivity index (χ3v) is 7.49. The quantitative estimate of drug-likeness (QED) is 0.759. The molecule has 1 unspecified atom stereocenters. The van der Waals surface area contributed by atoms with Gasteiger partial charge in [0.2, 0.25) is 5.91 Å². The average molecular weight is 403 g/mol. The zero-order valence-corrected chi connectivity index (χ0v) is 17.6. The number of hydrogen-bond donors (Lipinski definition) is 2. The smallest absolute Gasteiger partial charge is 0.222 e. The molecule has 2 N–H and O–H groups in total. The average Bonchev–Trinajstić information content (AvgIpc) is 2.92. The van der Waals surface area contributed by atoms with Gasteiger partial charge in [0.25, 0.3) is 0 Å². The van der Waals surface area contributed by atoms with Crippen molar-refractivity contribution in [3.05, 3.63) is 35.1 Å². The first kappa shape index (κ1) is 20.8. The number of amides is 1. The van der Waals surface area contributed by atoms with Crippen LogP contribution in [-0.4, -0.2) is 47.2 Å². The Labute approximate surface area is 173 Å². The predicted octanol–water partition coefficient (Wildman–Crippen LogP) is 3.90. The van der Waals surface area contributed by atoms with Crippen molar-refractivity contribution in [3.8, 4) is 0 Å². The maximum atomic E-state index is 13.7. The summed E-state index contributed by atoms with van der Waals surface area (Å²) in [5, 5.41) is 12.1. The van der Waals surface area contributed by atoms with Gasteiger partial charge in [0.05, 0.1) is 6.61 Å². The fraction of sp³-hybridized carbons (Fsp3) is 0.708. The van der Waals surface area contributed by atoms with Gasteiger partial charge in [-0.25, -0.2) is 4.39 Å². The standard InChI is InChI=1S/C24H35FN2O2/c1-16-11-18(5-8-23(16)25)19-13-21-6-7-22(14-19)27(21)15-17-3-2-4-20(12-17)26-24(29)9-10-28/h5,8,11,17,19-22,28H,2-4,6-7,9-10,12-15H2,1H3,(H,26,29)/t17-,19?,20-,21-,22+/m1/s1. The zero-order chi connectivity index (χ0) is 20.4. The van der Waals surface area contributed by atoms with Crippen molar-refractivity contribution in [1.82, 2.24) is 10.2 Å². The van der Waals surface area contributed by atoms with Gasteiger partial charge in [0.15, 0.2) is 0 Å². The molecule has 0 radical (unpaired) electrons. The maximum absolute atomic E-state index is 13.7. The zero-order valence-electron chi connectivity index (χ0n) is 17.6. The highest BCUT2D eigenvalue weighted by molar-refractivity contribution is 5.76. The van der Waals surface area contributed by atoms with Crippen LogP contribution in [0.3, 0.4) is 0 Å². The van der Waals surface area contributed by atoms with Crippen molar-refractivity contribution in [3.63, 3.8) is 0 Å². The number of halogens is 1. The molecule has 2 aliphatic heterocycles. The minimum Gasteiger partial charge on any atom is -0.396 e. The number of aryl methyl sites for hydroxylation is 1. The molecule has 2 saturated heterocycles. The molecule has 3 fully saturated rings. The molecule has 29 heavy (non-hydrogen) atoms. The first-order valence-electron chi connectivity index (χ1n) is 11.5. The second-order valence-electron chi connectivity index (χ2n) is 9.53. The van der Waals surface area contributed by atoms with Crippen LogP contribution in [0, 0.1) is 18.7 Å². The molecular formula is C24H35FN2O2. The Hall–Kier alpha value is -1.46. The summed E-state index contributed by atoms with van der Waals surface area (Å²) in [5.41, 5.74) is 2.07. The van der Waals surface area contributed by atoms with Crippen molar-refractivity contribution >= 4 is 5.91 Å². The summed E-state index contributed by atoms with van der Waals surface area (Å²) < 4.78 is 13.7. The lowest BCUT2D eigenvalue weighted by molar-refractivity contribution is -0.122. The summed E-state index contributed by atoms with van der Waals surface area (Å²) in [7, 11) is 0. The number of fused-ring (bicyclic) bond motifs is 2. The van der Waals surface area contributed by atoms with Gasteiger partial charge < -0.3 is 10.4 Å². The summed E-state index contributed by atoms with van der Waals surface area (Å²) in [6.07, 6.45) is 9.70. The van der Waals surface area contributed by atoms with Gasteiger partial charge in [-0.2, -0.15) is 0 Å². The van der Waals surface area contributed by atoms with E-state index in [-0.39, 0.29) is 30.8 Å². The third-order valence-electron chi connectivity index (χ3n) is 7.49. The Morgan fingerprint density at radius 1 is 1.17 bits per heavy atom. The van der Waals surface area contributed by atoms with Crippen LogP contribution in [0.4, 0.5) is 4.39 Å². The Morgan fingerprint density at radius 3 is 2.62 bits per heavy atom. The van der Waals surface area contributed by atoms with Crippen molar-refractivity contribution < 1.29 is 14.3 Å². The van der Waals surface area contributed by atoms with E-state index in [1.165, 1.54) is 44.1 Å². The van der Waals surface area contributed by atoms with Gasteiger partial charge in [0.1, 0.15) is 5.82 Å². The van der Waals surface area contributed by atoms with Crippen LogP contribution in [0.5, 0.6) is 0 Å². The molecule has 4 nitrogen and oxygen atoms in total. The number of piperidine rings is 1. The van der Waals surface area contributed by atoms with Gasteiger partial charge >= 0.3 is 0 Å². The highest BCUT2D eigenvalue weighted by Gasteiger charge is 2.42. The Balaban J connectivity index is 1.34. The van der Waals surface area contributed by atoms with Gasteiger partial charge in [-0.3, -0.25) is 9.69 Å². The first-order valence-corrected chi connectivity index (χ1v) is 11.5. The van der Waals surface area contributed by atoms with Crippen LogP contribution in [0.25, 0.3) is 0 Å². The van der Waals surface area contributed by atoms with E-state index in [9.17, 15) is 9.18 Å². The van der Waals surface area contributed by atoms with E-state index in [1.54, 1.807) is 6.07 Å². The van der Waals surface area contributed by atoms with Gasteiger partial charge in [-0.05, 0) is 80.9 Å². The van der Waals surface area contributed by atoms with E-state index < -0.39 is 0 Å². The Morgan fingerprint density at radius 2 is 1.93 bits per heavy atom. The number of nitrogens with zero attached hydrogens (tertiary/aromatic N) is 1. The monoisotopic (exact) mass is 402 g/mol. The van der Waals surface area contributed by atoms with Crippen LogP contribution < -0.4 is 5.32 Å². The van der Waals surface area contributed by atoms with Crippen LogP contribution >= 0.6 is 0 Å². The van der Waals surface area contributed by atoms with E-state index in [4.69, 9.17) is 5.11 Å². The van der Waals surface area contributed by atoms with Gasteiger partial charge in [-0.1, -0.05) is 18.6 Å². The highest BCUT2D eigenvalue weighted by Crippen LogP contribution is 2.44. The number of rotatable bonds is 6. The second-order valence-corrected chi connectivity index (χ2v) is 9.53. The SMILES string of the molecule is Cc1cc(C2C[C@H]3CC[C@@H](C2)N3C[C@@H]2CCC[C@@H](NC(=O)CCO)C2)ccc1F. The highest BCUT2D eigenvalue weighted by atomic mass is 19.1. The molecule has 2 bridgehead atoms. The minimum absolute atomic E-state index is 0.0198. The maximum Gasteiger partial charge on any atom is 0.222 e. The summed E-state index contributed by atoms with van der Waals surface area (Å²) >= 11 is 0. The first-order chi connectivity index (χ1) is 14.0. The number of aliphatic hydroxyl groups excluding tert-OH is 1. The molecule has 5 atom stereocenters. The second kappa shape index (κ2) is 9.13. The molecule has 160 valence electrons. The molecule has 2 heterocycles. The Kier molecular flexibility index (Phi) is 6.55. The largest absolute Gasteiger partial charge is 0.396 e. The number of aliphatic hydroxyl groups is 1. The molecular weight excluding hydrogens is 367 g/mol.